The fraction of sp³-hybridized carbons (Fsp3) is 0.425. The molecule has 2 aliphatic heterocycles. The molecule has 0 spiro atoms. The molecule has 56 heavy (non-hydrogen) atoms. The van der Waals surface area contributed by atoms with E-state index in [9.17, 15) is 24.4 Å². The Morgan fingerprint density at radius 2 is 1.91 bits per heavy atom. The smallest absolute Gasteiger partial charge is 0.329 e. The minimum Gasteiger partial charge on any atom is -0.494 e. The second kappa shape index (κ2) is 15.2. The number of aromatic nitrogens is 5. The highest BCUT2D eigenvalue weighted by atomic mass is 35.5. The predicted octanol–water partition coefficient (Wildman–Crippen LogP) is 5.41. The van der Waals surface area contributed by atoms with Crippen molar-refractivity contribution in [3.05, 3.63) is 81.1 Å². The zero-order valence-corrected chi connectivity index (χ0v) is 31.8. The van der Waals surface area contributed by atoms with E-state index in [0.29, 0.717) is 57.5 Å². The fourth-order valence-corrected chi connectivity index (χ4v) is 9.11. The number of nitrogens with one attached hydrogen (secondary N) is 2. The Morgan fingerprint density at radius 3 is 2.64 bits per heavy atom. The van der Waals surface area contributed by atoms with Crippen molar-refractivity contribution < 1.29 is 23.5 Å². The number of carbonyl (C=O) groups is 3. The van der Waals surface area contributed by atoms with E-state index in [-0.39, 0.29) is 36.9 Å². The van der Waals surface area contributed by atoms with E-state index in [1.807, 2.05) is 23.0 Å². The van der Waals surface area contributed by atoms with Crippen LogP contribution >= 0.6 is 11.6 Å². The Balaban J connectivity index is 0.907. The van der Waals surface area contributed by atoms with Crippen LogP contribution in [0.2, 0.25) is 5.02 Å². The van der Waals surface area contributed by atoms with Gasteiger partial charge in [-0.15, -0.1) is 0 Å². The zero-order valence-electron chi connectivity index (χ0n) is 31.0. The number of amides is 3. The maximum Gasteiger partial charge on any atom is 0.329 e. The van der Waals surface area contributed by atoms with Gasteiger partial charge in [0.15, 0.2) is 0 Å². The molecule has 3 amide bonds. The third-order valence-corrected chi connectivity index (χ3v) is 12.0. The standard InChI is InChI=1S/C40H41ClFN9O5/c1-48-37-32(51(40(48)55)33-9-10-35(52)46-39(33)54)8-7-28(41)36(37)27-11-12-49(21-29(27)42)19-22-3-5-26(6-4-22)50-20-25-14-31(34(56-2)15-30(25)47-50)45-38(53)24-13-23(16-43)17-44-18-24/h7-8,13-15,17-18,20,22,26-27,29,33H,3-6,9-12,19,21H2,1-2H3,(H,45,53)(H,46,52,54)/t22?,26?,27-,29-,33?/m1/s1. The number of alkyl halides is 1. The lowest BCUT2D eigenvalue weighted by molar-refractivity contribution is -0.135. The van der Waals surface area contributed by atoms with Gasteiger partial charge in [-0.25, -0.2) is 9.18 Å². The largest absolute Gasteiger partial charge is 0.494 e. The lowest BCUT2D eigenvalue weighted by Crippen LogP contribution is -2.44. The van der Waals surface area contributed by atoms with E-state index in [4.69, 9.17) is 21.4 Å². The molecule has 0 radical (unpaired) electrons. The van der Waals surface area contributed by atoms with Crippen molar-refractivity contribution in [2.75, 3.05) is 32.1 Å². The molecule has 5 aromatic rings. The first-order chi connectivity index (χ1) is 27.0. The van der Waals surface area contributed by atoms with Crippen LogP contribution in [0.15, 0.2) is 53.7 Å². The second-order valence-corrected chi connectivity index (χ2v) is 15.5. The minimum atomic E-state index is -1.21. The zero-order chi connectivity index (χ0) is 39.2. The van der Waals surface area contributed by atoms with E-state index < -0.39 is 35.6 Å². The topological polar surface area (TPSA) is 169 Å². The highest BCUT2D eigenvalue weighted by molar-refractivity contribution is 6.32. The summed E-state index contributed by atoms with van der Waals surface area (Å²) < 4.78 is 26.7. The average molecular weight is 782 g/mol. The number of anilines is 1. The summed E-state index contributed by atoms with van der Waals surface area (Å²) in [4.78, 5) is 57.2. The van der Waals surface area contributed by atoms with Crippen molar-refractivity contribution in [2.45, 2.75) is 69.1 Å². The van der Waals surface area contributed by atoms with Gasteiger partial charge in [0.2, 0.25) is 11.8 Å². The molecule has 1 aliphatic carbocycles. The number of imide groups is 1. The second-order valence-electron chi connectivity index (χ2n) is 15.1. The number of likely N-dealkylation sites (tertiary alicyclic amines) is 1. The molecule has 290 valence electrons. The summed E-state index contributed by atoms with van der Waals surface area (Å²) in [5, 5.41) is 20.5. The van der Waals surface area contributed by atoms with Crippen molar-refractivity contribution in [1.82, 2.24) is 34.1 Å². The monoisotopic (exact) mass is 781 g/mol. The summed E-state index contributed by atoms with van der Waals surface area (Å²) in [6.45, 7) is 1.73. The summed E-state index contributed by atoms with van der Waals surface area (Å²) in [7, 11) is 3.15. The van der Waals surface area contributed by atoms with Crippen molar-refractivity contribution >= 4 is 56.9 Å². The number of methoxy groups -OCH3 is 1. The maximum atomic E-state index is 16.2. The van der Waals surface area contributed by atoms with Crippen LogP contribution in [0, 0.1) is 17.2 Å². The molecule has 2 aromatic carbocycles. The van der Waals surface area contributed by atoms with Crippen LogP contribution in [0.4, 0.5) is 10.1 Å². The highest BCUT2D eigenvalue weighted by Gasteiger charge is 2.37. The summed E-state index contributed by atoms with van der Waals surface area (Å²) in [6, 6.07) is 9.84. The molecule has 8 rings (SSSR count). The molecule has 1 unspecified atom stereocenters. The number of benzene rings is 2. The van der Waals surface area contributed by atoms with Gasteiger partial charge in [-0.3, -0.25) is 38.5 Å². The van der Waals surface area contributed by atoms with Gasteiger partial charge in [0, 0.05) is 73.1 Å². The Kier molecular flexibility index (Phi) is 10.1. The number of nitrogens with zero attached hydrogens (tertiary/aromatic N) is 7. The van der Waals surface area contributed by atoms with Crippen LogP contribution in [0.3, 0.4) is 0 Å². The fourth-order valence-electron chi connectivity index (χ4n) is 8.82. The van der Waals surface area contributed by atoms with Crippen LogP contribution in [-0.4, -0.2) is 79.4 Å². The van der Waals surface area contributed by atoms with E-state index in [1.165, 1.54) is 34.7 Å². The Morgan fingerprint density at radius 1 is 1.11 bits per heavy atom. The number of piperidine rings is 2. The number of aryl methyl sites for hydroxylation is 1. The van der Waals surface area contributed by atoms with Crippen molar-refractivity contribution in [1.29, 1.82) is 5.26 Å². The number of rotatable bonds is 8. The number of fused-ring (bicyclic) bond motifs is 2. The van der Waals surface area contributed by atoms with Crippen LogP contribution < -0.4 is 21.1 Å². The first-order valence-electron chi connectivity index (χ1n) is 18.9. The van der Waals surface area contributed by atoms with Gasteiger partial charge < -0.3 is 15.0 Å². The van der Waals surface area contributed by atoms with E-state index in [2.05, 4.69) is 20.5 Å². The molecule has 1 saturated carbocycles. The molecule has 0 bridgehead atoms. The molecule has 2 N–H and O–H groups in total. The molecule has 16 heteroatoms. The first kappa shape index (κ1) is 37.3. The molecule has 3 fully saturated rings. The quantitative estimate of drug-likeness (QED) is 0.196. The number of nitriles is 1. The van der Waals surface area contributed by atoms with E-state index in [1.54, 1.807) is 25.2 Å². The predicted molar refractivity (Wildman–Crippen MR) is 206 cm³/mol. The SMILES string of the molecule is COc1cc2nn(C3CCC(CN4CC[C@@H](c5c(Cl)ccc6c5n(C)c(=O)n6C5CCC(=O)NC5=O)[C@H](F)C4)CC3)cc2cc1NC(=O)c1cncc(C#N)c1. The van der Waals surface area contributed by atoms with Gasteiger partial charge in [-0.2, -0.15) is 10.4 Å². The van der Waals surface area contributed by atoms with Crippen LogP contribution in [-0.2, 0) is 16.6 Å². The van der Waals surface area contributed by atoms with Crippen LogP contribution in [0.1, 0.15) is 84.4 Å². The average Bonchev–Trinajstić information content (AvgIpc) is 3.72. The Labute approximate surface area is 326 Å². The summed E-state index contributed by atoms with van der Waals surface area (Å²) in [5.74, 6) is -0.936. The molecule has 14 nitrogen and oxygen atoms in total. The van der Waals surface area contributed by atoms with Gasteiger partial charge in [0.05, 0.1) is 46.5 Å². The van der Waals surface area contributed by atoms with E-state index >= 15 is 4.39 Å². The van der Waals surface area contributed by atoms with E-state index in [0.717, 1.165) is 43.1 Å². The number of imidazole rings is 1. The first-order valence-corrected chi connectivity index (χ1v) is 19.2. The molecule has 2 saturated heterocycles. The van der Waals surface area contributed by atoms with Crippen molar-refractivity contribution in [2.24, 2.45) is 13.0 Å². The maximum absolute atomic E-state index is 16.2. The van der Waals surface area contributed by atoms with Crippen LogP contribution in [0.25, 0.3) is 21.9 Å². The summed E-state index contributed by atoms with van der Waals surface area (Å²) in [6.07, 6.45) is 8.25. The molecule has 5 heterocycles. The Bertz CT molecular complexity index is 2480. The van der Waals surface area contributed by atoms with Gasteiger partial charge >= 0.3 is 5.69 Å². The molecule has 3 aromatic heterocycles. The number of hydrogen-bond acceptors (Lipinski definition) is 9. The molecular weight excluding hydrogens is 741 g/mol. The number of halogens is 2. The normalized spacial score (nSPS) is 23.2. The van der Waals surface area contributed by atoms with Gasteiger partial charge in [0.1, 0.15) is 24.0 Å². The minimum absolute atomic E-state index is 0.132. The third-order valence-electron chi connectivity index (χ3n) is 11.7. The molecular formula is C40H41ClFN9O5. The van der Waals surface area contributed by atoms with Gasteiger partial charge in [-0.05, 0) is 75.3 Å². The summed E-state index contributed by atoms with van der Waals surface area (Å²) in [5.41, 5.74) is 3.00. The third kappa shape index (κ3) is 6.92. The number of hydrogen-bond donors (Lipinski definition) is 2. The van der Waals surface area contributed by atoms with Crippen molar-refractivity contribution in [3.63, 3.8) is 0 Å². The molecule has 3 atom stereocenters. The van der Waals surface area contributed by atoms with Crippen molar-refractivity contribution in [3.8, 4) is 11.8 Å². The number of ether oxygens (including phenoxy) is 1. The summed E-state index contributed by atoms with van der Waals surface area (Å²) >= 11 is 6.76. The number of pyridine rings is 1. The van der Waals surface area contributed by atoms with Gasteiger partial charge in [0.25, 0.3) is 5.91 Å². The van der Waals surface area contributed by atoms with Gasteiger partial charge in [-0.1, -0.05) is 11.6 Å². The lowest BCUT2D eigenvalue weighted by atomic mass is 9.83. The Hall–Kier alpha value is -5.59. The number of carbonyl (C=O) groups excluding carboxylic acids is 3. The van der Waals surface area contributed by atoms with Crippen LogP contribution in [0.5, 0.6) is 5.75 Å². The highest BCUT2D eigenvalue weighted by Crippen LogP contribution is 2.41. The lowest BCUT2D eigenvalue weighted by Gasteiger charge is -2.38. The molecule has 3 aliphatic rings.